The maximum Gasteiger partial charge on any atom is 0.343 e. The summed E-state index contributed by atoms with van der Waals surface area (Å²) in [7, 11) is 0. The van der Waals surface area contributed by atoms with E-state index in [1.807, 2.05) is 24.3 Å². The molecule has 2 aromatic rings. The van der Waals surface area contributed by atoms with Gasteiger partial charge in [0.2, 0.25) is 0 Å². The van der Waals surface area contributed by atoms with Crippen molar-refractivity contribution in [2.75, 3.05) is 0 Å². The van der Waals surface area contributed by atoms with E-state index in [1.165, 1.54) is 37.7 Å². The van der Waals surface area contributed by atoms with Crippen LogP contribution in [0.5, 0.6) is 5.75 Å². The predicted octanol–water partition coefficient (Wildman–Crippen LogP) is 7.05. The second kappa shape index (κ2) is 10.4. The van der Waals surface area contributed by atoms with Crippen LogP contribution in [0.4, 0.5) is 0 Å². The molecule has 0 aliphatic heterocycles. The van der Waals surface area contributed by atoms with Gasteiger partial charge in [0, 0.05) is 0 Å². The second-order valence-corrected chi connectivity index (χ2v) is 9.01. The second-order valence-electron chi connectivity index (χ2n) is 9.01. The first-order valence-corrected chi connectivity index (χ1v) is 11.3. The maximum absolute atomic E-state index is 12.6. The minimum absolute atomic E-state index is 0.331. The van der Waals surface area contributed by atoms with Crippen molar-refractivity contribution in [3.05, 3.63) is 64.7 Å². The molecule has 0 N–H and O–H groups in total. The van der Waals surface area contributed by atoms with Gasteiger partial charge >= 0.3 is 5.97 Å². The molecule has 0 radical (unpaired) electrons. The lowest BCUT2D eigenvalue weighted by atomic mass is 9.78. The van der Waals surface area contributed by atoms with E-state index >= 15 is 0 Å². The molecule has 30 heavy (non-hydrogen) atoms. The third-order valence-electron chi connectivity index (χ3n) is 6.42. The molecule has 0 unspecified atom stereocenters. The van der Waals surface area contributed by atoms with Crippen LogP contribution >= 0.6 is 0 Å². The van der Waals surface area contributed by atoms with E-state index in [1.54, 1.807) is 6.07 Å². The fraction of sp³-hybridized carbons (Fsp3) is 0.481. The van der Waals surface area contributed by atoms with Gasteiger partial charge in [-0.25, -0.2) is 4.79 Å². The molecular weight excluding hydrogens is 370 g/mol. The lowest BCUT2D eigenvalue weighted by molar-refractivity contribution is 0.0734. The van der Waals surface area contributed by atoms with Crippen LogP contribution in [0.15, 0.2) is 42.5 Å². The fourth-order valence-electron chi connectivity index (χ4n) is 4.32. The molecule has 0 spiro atoms. The summed E-state index contributed by atoms with van der Waals surface area (Å²) in [4.78, 5) is 12.6. The number of hydrogen-bond donors (Lipinski definition) is 0. The van der Waals surface area contributed by atoms with Gasteiger partial charge in [-0.2, -0.15) is 5.26 Å². The molecule has 1 fully saturated rings. The molecule has 0 aromatic heterocycles. The highest BCUT2D eigenvalue weighted by Crippen LogP contribution is 2.37. The summed E-state index contributed by atoms with van der Waals surface area (Å²) in [5.74, 6) is 2.00. The van der Waals surface area contributed by atoms with Gasteiger partial charge in [-0.3, -0.25) is 0 Å². The van der Waals surface area contributed by atoms with Crippen LogP contribution in [-0.2, 0) is 6.42 Å². The largest absolute Gasteiger partial charge is 0.422 e. The van der Waals surface area contributed by atoms with E-state index in [9.17, 15) is 10.1 Å². The number of rotatable bonds is 7. The lowest BCUT2D eigenvalue weighted by Gasteiger charge is -2.28. The van der Waals surface area contributed by atoms with E-state index in [2.05, 4.69) is 39.0 Å². The number of benzene rings is 2. The Morgan fingerprint density at radius 3 is 2.40 bits per heavy atom. The van der Waals surface area contributed by atoms with Crippen molar-refractivity contribution >= 4 is 5.97 Å². The Morgan fingerprint density at radius 1 is 1.10 bits per heavy atom. The van der Waals surface area contributed by atoms with Crippen LogP contribution < -0.4 is 4.74 Å². The molecule has 0 saturated heterocycles. The number of carbonyl (C=O) groups excluding carboxylic acids is 1. The van der Waals surface area contributed by atoms with E-state index in [0.29, 0.717) is 28.7 Å². The van der Waals surface area contributed by atoms with Crippen LogP contribution in [0.25, 0.3) is 0 Å². The van der Waals surface area contributed by atoms with Gasteiger partial charge in [0.1, 0.15) is 11.8 Å². The Balaban J connectivity index is 1.64. The van der Waals surface area contributed by atoms with Crippen molar-refractivity contribution in [2.45, 2.75) is 71.6 Å². The highest BCUT2D eigenvalue weighted by atomic mass is 16.5. The molecule has 3 nitrogen and oxygen atoms in total. The number of hydrogen-bond acceptors (Lipinski definition) is 3. The average molecular weight is 404 g/mol. The molecule has 1 aliphatic rings. The first-order valence-electron chi connectivity index (χ1n) is 11.3. The molecule has 3 heteroatoms. The van der Waals surface area contributed by atoms with Gasteiger partial charge in [0.05, 0.1) is 11.1 Å². The fourth-order valence-corrected chi connectivity index (χ4v) is 4.32. The van der Waals surface area contributed by atoms with Crippen molar-refractivity contribution in [3.63, 3.8) is 0 Å². The summed E-state index contributed by atoms with van der Waals surface area (Å²) < 4.78 is 5.56. The molecule has 2 aromatic carbocycles. The summed E-state index contributed by atoms with van der Waals surface area (Å²) in [5.41, 5.74) is 3.35. The first kappa shape index (κ1) is 22.1. The molecule has 1 saturated carbocycles. The Kier molecular flexibility index (Phi) is 7.69. The van der Waals surface area contributed by atoms with Gasteiger partial charge in [-0.1, -0.05) is 45.4 Å². The van der Waals surface area contributed by atoms with Gasteiger partial charge < -0.3 is 4.74 Å². The van der Waals surface area contributed by atoms with Crippen LogP contribution in [-0.4, -0.2) is 5.97 Å². The van der Waals surface area contributed by atoms with Gasteiger partial charge in [-0.15, -0.1) is 0 Å². The molecule has 1 aliphatic carbocycles. The molecule has 3 rings (SSSR count). The van der Waals surface area contributed by atoms with Crippen molar-refractivity contribution < 1.29 is 9.53 Å². The van der Waals surface area contributed by atoms with Crippen LogP contribution in [0.1, 0.15) is 92.3 Å². The number of carbonyl (C=O) groups is 1. The topological polar surface area (TPSA) is 50.1 Å². The highest BCUT2D eigenvalue weighted by molar-refractivity contribution is 5.91. The predicted molar refractivity (Wildman–Crippen MR) is 121 cm³/mol. The Hall–Kier alpha value is -2.60. The Bertz CT molecular complexity index is 884. The van der Waals surface area contributed by atoms with Gasteiger partial charge in [0.25, 0.3) is 0 Å². The Morgan fingerprint density at radius 2 is 1.80 bits per heavy atom. The summed E-state index contributed by atoms with van der Waals surface area (Å²) >= 11 is 0. The van der Waals surface area contributed by atoms with E-state index in [4.69, 9.17) is 4.74 Å². The smallest absolute Gasteiger partial charge is 0.343 e. The quantitative estimate of drug-likeness (QED) is 0.367. The zero-order valence-corrected chi connectivity index (χ0v) is 18.5. The SMILES string of the molecule is CCC1CCC(c2ccc(C(=O)Oc3ccc(CCC(C)C)cc3C#N)cc2)CC1. The van der Waals surface area contributed by atoms with Crippen molar-refractivity contribution in [3.8, 4) is 11.8 Å². The average Bonchev–Trinajstić information content (AvgIpc) is 2.78. The van der Waals surface area contributed by atoms with Crippen molar-refractivity contribution in [1.29, 1.82) is 5.26 Å². The van der Waals surface area contributed by atoms with Crippen LogP contribution in [0.2, 0.25) is 0 Å². The third-order valence-corrected chi connectivity index (χ3v) is 6.42. The minimum Gasteiger partial charge on any atom is -0.422 e. The number of ether oxygens (including phenoxy) is 1. The number of aryl methyl sites for hydroxylation is 1. The zero-order chi connectivity index (χ0) is 21.5. The third kappa shape index (κ3) is 5.72. The summed E-state index contributed by atoms with van der Waals surface area (Å²) in [6, 6.07) is 15.5. The first-order chi connectivity index (χ1) is 14.5. The summed E-state index contributed by atoms with van der Waals surface area (Å²) in [5, 5.41) is 9.48. The molecule has 0 atom stereocenters. The van der Waals surface area contributed by atoms with E-state index in [-0.39, 0.29) is 0 Å². The van der Waals surface area contributed by atoms with Gasteiger partial charge in [0.15, 0.2) is 0 Å². The van der Waals surface area contributed by atoms with E-state index < -0.39 is 5.97 Å². The van der Waals surface area contributed by atoms with Crippen molar-refractivity contribution in [1.82, 2.24) is 0 Å². The Labute approximate surface area is 181 Å². The minimum atomic E-state index is -0.414. The summed E-state index contributed by atoms with van der Waals surface area (Å²) in [6.45, 7) is 6.65. The number of esters is 1. The molecule has 0 amide bonds. The lowest BCUT2D eigenvalue weighted by Crippen LogP contribution is -2.13. The van der Waals surface area contributed by atoms with Gasteiger partial charge in [-0.05, 0) is 91.7 Å². The molecule has 158 valence electrons. The monoisotopic (exact) mass is 403 g/mol. The molecular formula is C27H33NO2. The summed E-state index contributed by atoms with van der Waals surface area (Å²) in [6.07, 6.45) is 8.33. The number of nitrogens with zero attached hydrogens (tertiary/aromatic N) is 1. The zero-order valence-electron chi connectivity index (χ0n) is 18.5. The van der Waals surface area contributed by atoms with Crippen molar-refractivity contribution in [2.24, 2.45) is 11.8 Å². The molecule has 0 bridgehead atoms. The van der Waals surface area contributed by atoms with E-state index in [0.717, 1.165) is 24.3 Å². The molecule has 0 heterocycles. The highest BCUT2D eigenvalue weighted by Gasteiger charge is 2.21. The van der Waals surface area contributed by atoms with Crippen LogP contribution in [0, 0.1) is 23.2 Å². The number of nitriles is 1. The standard InChI is InChI=1S/C27H33NO2/c1-4-20-7-10-22(11-8-20)23-12-14-24(15-13-23)27(29)30-26-16-9-21(6-5-19(2)3)17-25(26)18-28/h9,12-17,19-20,22H,4-8,10-11H2,1-3H3. The van der Waals surface area contributed by atoms with Crippen LogP contribution in [0.3, 0.4) is 0 Å². The maximum atomic E-state index is 12.6. The normalized spacial score (nSPS) is 18.8.